The number of carbonyl (C=O) groups is 2. The molecule has 0 saturated heterocycles. The fourth-order valence-electron chi connectivity index (χ4n) is 2.20. The second-order valence-corrected chi connectivity index (χ2v) is 4.87. The average molecular weight is 287 g/mol. The van der Waals surface area contributed by atoms with Crippen molar-refractivity contribution >= 4 is 17.6 Å². The van der Waals surface area contributed by atoms with E-state index in [0.717, 1.165) is 11.3 Å². The molecule has 1 aromatic carbocycles. The normalized spacial score (nSPS) is 10.4. The number of benzene rings is 1. The lowest BCUT2D eigenvalue weighted by Crippen LogP contribution is -2.21. The van der Waals surface area contributed by atoms with Crippen molar-refractivity contribution in [3.8, 4) is 0 Å². The highest BCUT2D eigenvalue weighted by molar-refractivity contribution is 5.92. The van der Waals surface area contributed by atoms with Gasteiger partial charge in [-0.3, -0.25) is 9.48 Å². The number of carboxylic acid groups (broad SMARTS) is 1. The number of para-hydroxylation sites is 1. The van der Waals surface area contributed by atoms with Crippen LogP contribution in [0, 0.1) is 20.8 Å². The van der Waals surface area contributed by atoms with E-state index < -0.39 is 5.97 Å². The van der Waals surface area contributed by atoms with Gasteiger partial charge in [0.15, 0.2) is 0 Å². The number of nitrogens with zero attached hydrogens (tertiary/aromatic N) is 2. The summed E-state index contributed by atoms with van der Waals surface area (Å²) in [4.78, 5) is 23.2. The molecule has 6 nitrogen and oxygen atoms in total. The molecule has 0 saturated carbocycles. The van der Waals surface area contributed by atoms with E-state index >= 15 is 0 Å². The van der Waals surface area contributed by atoms with Gasteiger partial charge in [0.1, 0.15) is 12.1 Å². The van der Waals surface area contributed by atoms with E-state index in [1.54, 1.807) is 13.8 Å². The highest BCUT2D eigenvalue weighted by atomic mass is 16.4. The number of carboxylic acids is 1. The third-order valence-corrected chi connectivity index (χ3v) is 3.31. The topological polar surface area (TPSA) is 84.2 Å². The van der Waals surface area contributed by atoms with Crippen molar-refractivity contribution in [3.63, 3.8) is 0 Å². The van der Waals surface area contributed by atoms with E-state index in [1.165, 1.54) is 4.68 Å². The molecular formula is C15H17N3O3. The minimum atomic E-state index is -1.03. The van der Waals surface area contributed by atoms with Crippen LogP contribution in [-0.4, -0.2) is 26.8 Å². The van der Waals surface area contributed by atoms with Crippen LogP contribution in [0.3, 0.4) is 0 Å². The molecule has 0 aliphatic carbocycles. The smallest absolute Gasteiger partial charge is 0.339 e. The van der Waals surface area contributed by atoms with Crippen LogP contribution < -0.4 is 5.32 Å². The lowest BCUT2D eigenvalue weighted by molar-refractivity contribution is -0.116. The van der Waals surface area contributed by atoms with Crippen LogP contribution in [0.25, 0.3) is 0 Å². The van der Waals surface area contributed by atoms with Crippen LogP contribution >= 0.6 is 0 Å². The maximum atomic E-state index is 12.1. The Labute approximate surface area is 122 Å². The second kappa shape index (κ2) is 5.78. The van der Waals surface area contributed by atoms with Gasteiger partial charge in [0.2, 0.25) is 5.91 Å². The third-order valence-electron chi connectivity index (χ3n) is 3.31. The summed E-state index contributed by atoms with van der Waals surface area (Å²) < 4.78 is 1.41. The van der Waals surface area contributed by atoms with Gasteiger partial charge < -0.3 is 10.4 Å². The quantitative estimate of drug-likeness (QED) is 0.902. The zero-order chi connectivity index (χ0) is 15.6. The lowest BCUT2D eigenvalue weighted by atomic mass is 10.2. The van der Waals surface area contributed by atoms with E-state index in [1.807, 2.05) is 31.2 Å². The predicted molar refractivity (Wildman–Crippen MR) is 78.5 cm³/mol. The second-order valence-electron chi connectivity index (χ2n) is 4.87. The first-order valence-electron chi connectivity index (χ1n) is 6.53. The molecule has 0 unspecified atom stereocenters. The Morgan fingerprint density at radius 1 is 1.24 bits per heavy atom. The van der Waals surface area contributed by atoms with Crippen LogP contribution in [0.1, 0.15) is 27.3 Å². The molecule has 21 heavy (non-hydrogen) atoms. The van der Waals surface area contributed by atoms with Gasteiger partial charge in [0, 0.05) is 5.69 Å². The monoisotopic (exact) mass is 287 g/mol. The van der Waals surface area contributed by atoms with E-state index in [4.69, 9.17) is 5.11 Å². The van der Waals surface area contributed by atoms with Crippen molar-refractivity contribution in [1.29, 1.82) is 0 Å². The molecule has 0 atom stereocenters. The molecular weight excluding hydrogens is 270 g/mol. The SMILES string of the molecule is Cc1ccccc1NC(=O)Cn1nc(C)c(C(=O)O)c1C. The van der Waals surface area contributed by atoms with Crippen LogP contribution in [0.5, 0.6) is 0 Å². The number of amides is 1. The van der Waals surface area contributed by atoms with E-state index in [2.05, 4.69) is 10.4 Å². The number of aromatic nitrogens is 2. The Balaban J connectivity index is 2.16. The molecule has 1 aromatic heterocycles. The van der Waals surface area contributed by atoms with Gasteiger partial charge in [-0.2, -0.15) is 5.10 Å². The summed E-state index contributed by atoms with van der Waals surface area (Å²) in [5.74, 6) is -1.28. The summed E-state index contributed by atoms with van der Waals surface area (Å²) in [6.07, 6.45) is 0. The Kier molecular flexibility index (Phi) is 4.07. The number of carbonyl (C=O) groups excluding carboxylic acids is 1. The molecule has 1 amide bonds. The molecule has 110 valence electrons. The van der Waals surface area contributed by atoms with Crippen LogP contribution in [0.4, 0.5) is 5.69 Å². The third kappa shape index (κ3) is 3.10. The number of nitrogens with one attached hydrogen (secondary N) is 1. The highest BCUT2D eigenvalue weighted by Crippen LogP contribution is 2.15. The zero-order valence-corrected chi connectivity index (χ0v) is 12.2. The Bertz CT molecular complexity index is 704. The number of aryl methyl sites for hydroxylation is 2. The molecule has 2 aromatic rings. The predicted octanol–water partition coefficient (Wildman–Crippen LogP) is 2.15. The van der Waals surface area contributed by atoms with Gasteiger partial charge in [0.25, 0.3) is 0 Å². The first-order valence-corrected chi connectivity index (χ1v) is 6.53. The van der Waals surface area contributed by atoms with E-state index in [-0.39, 0.29) is 18.0 Å². The van der Waals surface area contributed by atoms with Crippen LogP contribution in [0.15, 0.2) is 24.3 Å². The van der Waals surface area contributed by atoms with Crippen molar-refractivity contribution in [1.82, 2.24) is 9.78 Å². The lowest BCUT2D eigenvalue weighted by Gasteiger charge is -2.09. The van der Waals surface area contributed by atoms with Gasteiger partial charge in [0.05, 0.1) is 11.4 Å². The van der Waals surface area contributed by atoms with Gasteiger partial charge in [-0.05, 0) is 32.4 Å². The number of hydrogen-bond acceptors (Lipinski definition) is 3. The Morgan fingerprint density at radius 2 is 1.90 bits per heavy atom. The first kappa shape index (κ1) is 14.8. The molecule has 1 heterocycles. The molecule has 2 rings (SSSR count). The maximum absolute atomic E-state index is 12.1. The number of hydrogen-bond donors (Lipinski definition) is 2. The minimum absolute atomic E-state index is 0.0196. The zero-order valence-electron chi connectivity index (χ0n) is 12.2. The van der Waals surface area contributed by atoms with E-state index in [0.29, 0.717) is 11.4 Å². The average Bonchev–Trinajstić information content (AvgIpc) is 2.67. The summed E-state index contributed by atoms with van der Waals surface area (Å²) >= 11 is 0. The van der Waals surface area contributed by atoms with Crippen molar-refractivity contribution in [2.24, 2.45) is 0 Å². The Morgan fingerprint density at radius 3 is 2.48 bits per heavy atom. The summed E-state index contributed by atoms with van der Waals surface area (Å²) in [6.45, 7) is 5.15. The fourth-order valence-corrected chi connectivity index (χ4v) is 2.20. The molecule has 0 radical (unpaired) electrons. The van der Waals surface area contributed by atoms with Crippen molar-refractivity contribution in [2.45, 2.75) is 27.3 Å². The summed E-state index contributed by atoms with van der Waals surface area (Å²) in [5.41, 5.74) is 2.73. The molecule has 2 N–H and O–H groups in total. The van der Waals surface area contributed by atoms with Crippen LogP contribution in [-0.2, 0) is 11.3 Å². The van der Waals surface area contributed by atoms with Crippen molar-refractivity contribution in [2.75, 3.05) is 5.32 Å². The number of rotatable bonds is 4. The summed E-state index contributed by atoms with van der Waals surface area (Å²) in [5, 5.41) is 16.0. The summed E-state index contributed by atoms with van der Waals surface area (Å²) in [7, 11) is 0. The molecule has 0 fully saturated rings. The molecule has 0 spiro atoms. The van der Waals surface area contributed by atoms with Gasteiger partial charge >= 0.3 is 5.97 Å². The number of aromatic carboxylic acids is 1. The van der Waals surface area contributed by atoms with Gasteiger partial charge in [-0.15, -0.1) is 0 Å². The first-order chi connectivity index (χ1) is 9.90. The summed E-state index contributed by atoms with van der Waals surface area (Å²) in [6, 6.07) is 7.46. The van der Waals surface area contributed by atoms with Crippen molar-refractivity contribution in [3.05, 3.63) is 46.8 Å². The largest absolute Gasteiger partial charge is 0.478 e. The van der Waals surface area contributed by atoms with Gasteiger partial charge in [-0.1, -0.05) is 18.2 Å². The Hall–Kier alpha value is -2.63. The molecule has 0 aliphatic heterocycles. The molecule has 0 bridgehead atoms. The number of anilines is 1. The highest BCUT2D eigenvalue weighted by Gasteiger charge is 2.19. The fraction of sp³-hybridized carbons (Fsp3) is 0.267. The molecule has 6 heteroatoms. The molecule has 0 aliphatic rings. The standard InChI is InChI=1S/C15H17N3O3/c1-9-6-4-5-7-12(9)16-13(19)8-18-11(3)14(15(20)21)10(2)17-18/h4-7H,8H2,1-3H3,(H,16,19)(H,20,21). The van der Waals surface area contributed by atoms with Crippen molar-refractivity contribution < 1.29 is 14.7 Å². The van der Waals surface area contributed by atoms with E-state index in [9.17, 15) is 9.59 Å². The van der Waals surface area contributed by atoms with Crippen LogP contribution in [0.2, 0.25) is 0 Å². The maximum Gasteiger partial charge on any atom is 0.339 e. The van der Waals surface area contributed by atoms with Gasteiger partial charge in [-0.25, -0.2) is 4.79 Å². The minimum Gasteiger partial charge on any atom is -0.478 e.